The van der Waals surface area contributed by atoms with Crippen LogP contribution in [-0.4, -0.2) is 187 Å². The molecule has 5 rings (SSSR count). The number of nitrogens with zero attached hydrogens (tertiary/aromatic N) is 4. The van der Waals surface area contributed by atoms with E-state index in [-0.39, 0.29) is 50.8 Å². The van der Waals surface area contributed by atoms with Gasteiger partial charge in [0.05, 0.1) is 36.9 Å². The summed E-state index contributed by atoms with van der Waals surface area (Å²) in [5, 5.41) is 28.2. The molecule has 2 N–H and O–H groups in total. The highest BCUT2D eigenvalue weighted by molar-refractivity contribution is 5.73. The molecule has 3 fully saturated rings. The number of hydrogen-bond donors (Lipinski definition) is 2. The Bertz CT molecular complexity index is 2180. The van der Waals surface area contributed by atoms with Crippen LogP contribution in [0.25, 0.3) is 11.8 Å². The number of benzene rings is 1. The van der Waals surface area contributed by atoms with E-state index in [1.807, 2.05) is 24.9 Å². The van der Waals surface area contributed by atoms with Crippen LogP contribution in [0.5, 0.6) is 0 Å². The summed E-state index contributed by atoms with van der Waals surface area (Å²) in [6, 6.07) is 5.49. The Kier molecular flexibility index (Phi) is 23.3. The quantitative estimate of drug-likeness (QED) is 0.121. The summed E-state index contributed by atoms with van der Waals surface area (Å²) in [7, 11) is 6.72. The van der Waals surface area contributed by atoms with Crippen molar-refractivity contribution in [2.45, 2.75) is 192 Å². The number of β-amino-alcohol motifs (C(OH)–C–C–N with tert-alkyl or cyclic N) is 1. The molecule has 0 aliphatic carbocycles. The smallest absolute Gasteiger partial charge is 0.309 e. The van der Waals surface area contributed by atoms with E-state index < -0.39 is 133 Å². The minimum Gasteiger partial charge on any atom is -0.462 e. The Morgan fingerprint density at radius 2 is 1.72 bits per heavy atom. The van der Waals surface area contributed by atoms with Crippen LogP contribution in [0.15, 0.2) is 42.7 Å². The number of carbonyl (C=O) groups excluding carboxylic acids is 5. The van der Waals surface area contributed by atoms with Gasteiger partial charge in [0.2, 0.25) is 0 Å². The molecule has 3 aliphatic rings. The summed E-state index contributed by atoms with van der Waals surface area (Å²) in [4.78, 5) is 68.7. The maximum absolute atomic E-state index is 14.8. The van der Waals surface area contributed by atoms with Gasteiger partial charge in [-0.3, -0.25) is 19.2 Å². The molecule has 5 unspecified atom stereocenters. The van der Waals surface area contributed by atoms with Crippen molar-refractivity contribution in [1.29, 1.82) is 0 Å². The fourth-order valence-corrected chi connectivity index (χ4v) is 10.4. The van der Waals surface area contributed by atoms with Gasteiger partial charge >= 0.3 is 23.9 Å². The monoisotopic (exact) mass is 1060 g/mol. The van der Waals surface area contributed by atoms with E-state index in [4.69, 9.17) is 42.6 Å². The molecule has 0 radical (unpaired) electrons. The molecule has 1 aromatic heterocycles. The van der Waals surface area contributed by atoms with Crippen molar-refractivity contribution >= 4 is 36.2 Å². The average Bonchev–Trinajstić information content (AvgIpc) is 3.88. The number of aldehydes is 1. The zero-order chi connectivity index (χ0) is 55.1. The Hall–Kier alpha value is -4.71. The number of hydrogen-bond acceptors (Lipinski definition) is 19. The van der Waals surface area contributed by atoms with Crippen LogP contribution in [0, 0.1) is 17.7 Å². The van der Waals surface area contributed by atoms with Crippen molar-refractivity contribution in [3.8, 4) is 5.69 Å². The molecule has 0 amide bonds. The second-order valence-electron chi connectivity index (χ2n) is 20.5. The molecule has 75 heavy (non-hydrogen) atoms. The number of esters is 4. The van der Waals surface area contributed by atoms with E-state index in [9.17, 15) is 38.6 Å². The number of carbonyl (C=O) groups is 5. The van der Waals surface area contributed by atoms with E-state index in [0.29, 0.717) is 24.9 Å². The van der Waals surface area contributed by atoms with Crippen LogP contribution < -0.4 is 0 Å². The number of aliphatic hydroxyl groups is 2. The molecule has 1 aromatic carbocycles. The van der Waals surface area contributed by atoms with E-state index in [2.05, 4.69) is 5.10 Å². The third-order valence-corrected chi connectivity index (χ3v) is 14.3. The first kappa shape index (κ1) is 61.1. The van der Waals surface area contributed by atoms with Crippen molar-refractivity contribution in [1.82, 2.24) is 19.6 Å². The number of rotatable bonds is 17. The molecule has 4 heterocycles. The molecule has 0 saturated carbocycles. The van der Waals surface area contributed by atoms with Crippen molar-refractivity contribution in [2.75, 3.05) is 41.3 Å². The number of aliphatic hydroxyl groups excluding tert-OH is 2. The van der Waals surface area contributed by atoms with Crippen LogP contribution in [0.3, 0.4) is 0 Å². The van der Waals surface area contributed by atoms with Gasteiger partial charge in [-0.25, -0.2) is 9.07 Å². The fraction of sp³-hybridized carbons (Fsp3) is 0.704. The summed E-state index contributed by atoms with van der Waals surface area (Å²) in [6.45, 7) is 12.3. The number of aromatic nitrogens is 2. The van der Waals surface area contributed by atoms with Gasteiger partial charge in [-0.1, -0.05) is 39.0 Å². The molecule has 16 atom stereocenters. The lowest BCUT2D eigenvalue weighted by molar-refractivity contribution is -0.344. The molecule has 20 nitrogen and oxygen atoms in total. The third-order valence-electron chi connectivity index (χ3n) is 14.3. The fourth-order valence-electron chi connectivity index (χ4n) is 10.4. The largest absolute Gasteiger partial charge is 0.462 e. The SMILES string of the molecule is CCC(=O)O[C@@H]1CC(=O)O[C@@H](C/C=C/c2ccc(F)c(-n3cccn3)c2)CCCN(C)C[C@H](O)[C@H](C)C[C@H](CC=O)[C@H](O[C@@H]2OC(C)[C@@H](O[C@H]3CC(C)(OC(C)=O)[C@@H](OC(=O)CC)C(C)O3)C(N(C)C)C2O)[C@H]1OC. The van der Waals surface area contributed by atoms with Crippen LogP contribution >= 0.6 is 0 Å². The second-order valence-corrected chi connectivity index (χ2v) is 20.5. The van der Waals surface area contributed by atoms with Crippen molar-refractivity contribution < 1.29 is 81.2 Å². The summed E-state index contributed by atoms with van der Waals surface area (Å²) >= 11 is 0. The van der Waals surface area contributed by atoms with E-state index in [1.54, 1.807) is 90.3 Å². The predicted octanol–water partition coefficient (Wildman–Crippen LogP) is 4.96. The van der Waals surface area contributed by atoms with Gasteiger partial charge in [0.1, 0.15) is 48.3 Å². The van der Waals surface area contributed by atoms with Gasteiger partial charge in [-0.15, -0.1) is 0 Å². The molecule has 0 spiro atoms. The zero-order valence-corrected chi connectivity index (χ0v) is 45.4. The average molecular weight is 1060 g/mol. The third kappa shape index (κ3) is 16.9. The summed E-state index contributed by atoms with van der Waals surface area (Å²) in [5.41, 5.74) is -0.383. The Labute approximate surface area is 440 Å². The van der Waals surface area contributed by atoms with E-state index in [1.165, 1.54) is 24.8 Å². The molecular formula is C54H81FN4O16. The number of ether oxygens (including phenoxy) is 9. The number of halogens is 1. The first-order valence-corrected chi connectivity index (χ1v) is 26.1. The maximum atomic E-state index is 14.8. The van der Waals surface area contributed by atoms with Gasteiger partial charge in [0, 0.05) is 65.1 Å². The summed E-state index contributed by atoms with van der Waals surface area (Å²) in [6.07, 6.45) is -4.21. The number of likely N-dealkylation sites (N-methyl/N-ethyl adjacent to an activating group) is 2. The van der Waals surface area contributed by atoms with Crippen LogP contribution in [0.2, 0.25) is 0 Å². The Morgan fingerprint density at radius 1 is 1.00 bits per heavy atom. The lowest BCUT2D eigenvalue weighted by Crippen LogP contribution is -2.66. The molecule has 0 bridgehead atoms. The molecule has 21 heteroatoms. The summed E-state index contributed by atoms with van der Waals surface area (Å²) in [5.74, 6) is -4.06. The molecule has 3 saturated heterocycles. The van der Waals surface area contributed by atoms with E-state index >= 15 is 0 Å². The summed E-state index contributed by atoms with van der Waals surface area (Å²) < 4.78 is 72.2. The second kappa shape index (κ2) is 28.6. The van der Waals surface area contributed by atoms with Gasteiger partial charge in [-0.2, -0.15) is 5.10 Å². The van der Waals surface area contributed by atoms with Crippen LogP contribution in [-0.2, 0) is 66.6 Å². The van der Waals surface area contributed by atoms with E-state index in [0.717, 1.165) is 6.29 Å². The Morgan fingerprint density at radius 3 is 2.36 bits per heavy atom. The minimum atomic E-state index is -1.46. The van der Waals surface area contributed by atoms with Crippen LogP contribution in [0.1, 0.15) is 112 Å². The standard InChI is InChI=1S/C54H81FN4O16/c1-12-43(63)71-42-29-45(65)70-38(18-14-17-36-20-21-39(55)40(28-36)59-25-16-23-56-59)19-15-24-58(10)31-41(62)32(3)27-37(22-26-60)50(51(42)67-11)74-53-48(66)47(57(8)9)49(33(4)69-53)73-46-30-54(7,75-35(6)61)52(34(5)68-46)72-44(64)13-2/h14,16-17,20-21,23,25-26,28,32-34,37-38,41-42,46-53,62,66H,12-13,15,18-19,22,24,27,29-31H2,1-11H3/b17-14+/t32-,33?,34?,37+,38+,41+,42-,46+,47?,48?,49-,50+,51+,52+,53+,54?/m1/s1. The topological polar surface area (TPSA) is 233 Å². The lowest BCUT2D eigenvalue weighted by atomic mass is 9.82. The van der Waals surface area contributed by atoms with Gasteiger partial charge in [0.15, 0.2) is 24.3 Å². The van der Waals surface area contributed by atoms with Crippen LogP contribution in [0.4, 0.5) is 4.39 Å². The normalized spacial score (nSPS) is 33.9. The maximum Gasteiger partial charge on any atom is 0.309 e. The molecule has 3 aliphatic heterocycles. The highest BCUT2D eigenvalue weighted by Crippen LogP contribution is 2.39. The molecule has 2 aromatic rings. The van der Waals surface area contributed by atoms with Gasteiger partial charge < -0.3 is 67.4 Å². The number of methoxy groups -OCH3 is 1. The minimum absolute atomic E-state index is 0.0370. The first-order valence-electron chi connectivity index (χ1n) is 26.1. The molecular weight excluding hydrogens is 980 g/mol. The highest BCUT2D eigenvalue weighted by atomic mass is 19.1. The highest BCUT2D eigenvalue weighted by Gasteiger charge is 2.54. The lowest BCUT2D eigenvalue weighted by Gasteiger charge is -2.50. The van der Waals surface area contributed by atoms with Gasteiger partial charge in [-0.05, 0) is 103 Å². The molecule has 420 valence electrons. The number of cyclic esters (lactones) is 1. The first-order chi connectivity index (χ1) is 35.6. The van der Waals surface area contributed by atoms with Gasteiger partial charge in [0.25, 0.3) is 0 Å². The zero-order valence-electron chi connectivity index (χ0n) is 45.4. The van der Waals surface area contributed by atoms with Crippen molar-refractivity contribution in [2.24, 2.45) is 11.8 Å². The van der Waals surface area contributed by atoms with Crippen molar-refractivity contribution in [3.05, 3.63) is 54.1 Å². The Balaban J connectivity index is 1.46. The van der Waals surface area contributed by atoms with Crippen molar-refractivity contribution in [3.63, 3.8) is 0 Å². The predicted molar refractivity (Wildman–Crippen MR) is 270 cm³/mol.